The molecule has 2 aliphatic rings. The van der Waals surface area contributed by atoms with E-state index in [-0.39, 0.29) is 22.9 Å². The van der Waals surface area contributed by atoms with Gasteiger partial charge >= 0.3 is 0 Å². The van der Waals surface area contributed by atoms with Crippen molar-refractivity contribution >= 4 is 44.6 Å². The van der Waals surface area contributed by atoms with Crippen molar-refractivity contribution in [3.05, 3.63) is 71.8 Å². The van der Waals surface area contributed by atoms with Crippen molar-refractivity contribution in [3.63, 3.8) is 0 Å². The number of methoxy groups -OCH3 is 1. The lowest BCUT2D eigenvalue weighted by Crippen LogP contribution is -2.48. The van der Waals surface area contributed by atoms with Crippen LogP contribution in [0, 0.1) is 0 Å². The van der Waals surface area contributed by atoms with Crippen LogP contribution < -0.4 is 24.0 Å². The second-order valence-corrected chi connectivity index (χ2v) is 11.3. The van der Waals surface area contributed by atoms with Gasteiger partial charge < -0.3 is 19.7 Å². The fourth-order valence-corrected chi connectivity index (χ4v) is 6.23. The Morgan fingerprint density at radius 1 is 1.00 bits per heavy atom. The van der Waals surface area contributed by atoms with Crippen molar-refractivity contribution < 1.29 is 22.7 Å². The van der Waals surface area contributed by atoms with E-state index in [4.69, 9.17) is 21.1 Å². The summed E-state index contributed by atoms with van der Waals surface area (Å²) in [6.45, 7) is 1.85. The van der Waals surface area contributed by atoms with E-state index in [2.05, 4.69) is 10.2 Å². The van der Waals surface area contributed by atoms with Gasteiger partial charge in [0.15, 0.2) is 6.10 Å². The number of anilines is 3. The van der Waals surface area contributed by atoms with Gasteiger partial charge in [-0.15, -0.1) is 0 Å². The Morgan fingerprint density at radius 3 is 2.38 bits per heavy atom. The average molecular weight is 542 g/mol. The van der Waals surface area contributed by atoms with Crippen LogP contribution in [0.5, 0.6) is 11.5 Å². The van der Waals surface area contributed by atoms with Crippen LogP contribution in [0.1, 0.15) is 19.3 Å². The highest BCUT2D eigenvalue weighted by atomic mass is 35.5. The van der Waals surface area contributed by atoms with Crippen LogP contribution in [0.4, 0.5) is 17.1 Å². The second-order valence-electron chi connectivity index (χ2n) is 9.01. The molecule has 1 atom stereocenters. The third-order valence-corrected chi connectivity index (χ3v) is 8.62. The normalized spacial score (nSPS) is 17.5. The third kappa shape index (κ3) is 5.33. The molecule has 1 amide bonds. The van der Waals surface area contributed by atoms with E-state index < -0.39 is 22.0 Å². The second kappa shape index (κ2) is 10.5. The molecule has 10 heteroatoms. The Bertz CT molecular complexity index is 1370. The zero-order valence-electron chi connectivity index (χ0n) is 20.4. The maximum atomic E-state index is 13.6. The van der Waals surface area contributed by atoms with Crippen LogP contribution in [0.25, 0.3) is 0 Å². The summed E-state index contributed by atoms with van der Waals surface area (Å²) in [5.41, 5.74) is 2.01. The lowest BCUT2D eigenvalue weighted by atomic mass is 10.1. The van der Waals surface area contributed by atoms with Gasteiger partial charge in [-0.25, -0.2) is 8.42 Å². The Kier molecular flexibility index (Phi) is 7.17. The topological polar surface area (TPSA) is 88.2 Å². The van der Waals surface area contributed by atoms with Crippen molar-refractivity contribution in [2.75, 3.05) is 41.3 Å². The number of nitrogens with zero attached hydrogens (tertiary/aromatic N) is 2. The lowest BCUT2D eigenvalue weighted by molar-refractivity contribution is -0.122. The fraction of sp³-hybridized carbons (Fsp3) is 0.296. The lowest BCUT2D eigenvalue weighted by Gasteiger charge is -2.35. The maximum absolute atomic E-state index is 13.6. The number of amides is 1. The number of fused-ring (bicyclic) bond motifs is 1. The number of nitrogens with one attached hydrogen (secondary N) is 1. The van der Waals surface area contributed by atoms with Gasteiger partial charge in [0.2, 0.25) is 0 Å². The molecule has 3 aromatic rings. The number of ether oxygens (including phenoxy) is 2. The van der Waals surface area contributed by atoms with E-state index >= 15 is 0 Å². The van der Waals surface area contributed by atoms with Crippen LogP contribution >= 0.6 is 11.6 Å². The van der Waals surface area contributed by atoms with Crippen molar-refractivity contribution in [1.82, 2.24) is 0 Å². The van der Waals surface area contributed by atoms with Gasteiger partial charge in [0, 0.05) is 29.5 Å². The molecule has 0 spiro atoms. The van der Waals surface area contributed by atoms with E-state index in [0.29, 0.717) is 16.5 Å². The molecule has 1 fully saturated rings. The van der Waals surface area contributed by atoms with Crippen molar-refractivity contribution in [1.29, 1.82) is 0 Å². The number of rotatable bonds is 6. The summed E-state index contributed by atoms with van der Waals surface area (Å²) in [5, 5.41) is 3.22. The molecule has 2 aliphatic heterocycles. The predicted molar refractivity (Wildman–Crippen MR) is 145 cm³/mol. The zero-order chi connectivity index (χ0) is 26.0. The zero-order valence-corrected chi connectivity index (χ0v) is 22.0. The van der Waals surface area contributed by atoms with Crippen LogP contribution in [-0.4, -0.2) is 47.2 Å². The first-order chi connectivity index (χ1) is 17.8. The van der Waals surface area contributed by atoms with Crippen LogP contribution in [0.3, 0.4) is 0 Å². The fourth-order valence-electron chi connectivity index (χ4n) is 4.59. The van der Waals surface area contributed by atoms with Crippen LogP contribution in [0.2, 0.25) is 5.02 Å². The van der Waals surface area contributed by atoms with Crippen LogP contribution in [0.15, 0.2) is 71.6 Å². The molecule has 0 saturated carbocycles. The first kappa shape index (κ1) is 25.2. The quantitative estimate of drug-likeness (QED) is 0.476. The molecule has 0 radical (unpaired) electrons. The van der Waals surface area contributed by atoms with E-state index in [9.17, 15) is 13.2 Å². The van der Waals surface area contributed by atoms with Gasteiger partial charge in [-0.05, 0) is 86.0 Å². The number of piperidine rings is 1. The van der Waals surface area contributed by atoms with Crippen molar-refractivity contribution in [2.24, 2.45) is 0 Å². The Balaban J connectivity index is 1.38. The number of benzene rings is 3. The molecule has 8 nitrogen and oxygen atoms in total. The highest BCUT2D eigenvalue weighted by Crippen LogP contribution is 2.39. The number of hydrogen-bond donors (Lipinski definition) is 1. The van der Waals surface area contributed by atoms with Gasteiger partial charge in [-0.1, -0.05) is 11.6 Å². The summed E-state index contributed by atoms with van der Waals surface area (Å²) in [7, 11) is -2.51. The molecule has 194 valence electrons. The monoisotopic (exact) mass is 541 g/mol. The molecule has 3 aromatic carbocycles. The molecular weight excluding hydrogens is 514 g/mol. The first-order valence-electron chi connectivity index (χ1n) is 12.1. The van der Waals surface area contributed by atoms with E-state index in [0.717, 1.165) is 18.8 Å². The average Bonchev–Trinajstić information content (AvgIpc) is 2.93. The van der Waals surface area contributed by atoms with Gasteiger partial charge in [0.05, 0.1) is 24.2 Å². The largest absolute Gasteiger partial charge is 0.497 e. The summed E-state index contributed by atoms with van der Waals surface area (Å²) < 4.78 is 39.5. The molecule has 5 rings (SSSR count). The van der Waals surface area contributed by atoms with Gasteiger partial charge in [-0.3, -0.25) is 9.10 Å². The SMILES string of the molecule is COc1ccc(S(=O)(=O)N2CC(C(=O)Nc3ccc(N4CCCCC4)cc3)Oc3ccc(Cl)cc32)cc1. The minimum Gasteiger partial charge on any atom is -0.497 e. The van der Waals surface area contributed by atoms with Crippen molar-refractivity contribution in [3.8, 4) is 11.5 Å². The van der Waals surface area contributed by atoms with Gasteiger partial charge in [-0.2, -0.15) is 0 Å². The Labute approximate surface area is 221 Å². The van der Waals surface area contributed by atoms with Crippen LogP contribution in [-0.2, 0) is 14.8 Å². The Morgan fingerprint density at radius 2 is 1.70 bits per heavy atom. The first-order valence-corrected chi connectivity index (χ1v) is 14.0. The number of sulfonamides is 1. The summed E-state index contributed by atoms with van der Waals surface area (Å²) in [6.07, 6.45) is 2.55. The Hall–Kier alpha value is -3.43. The number of carbonyl (C=O) groups is 1. The molecular formula is C27H28ClN3O5S. The summed E-state index contributed by atoms with van der Waals surface area (Å²) >= 11 is 6.18. The third-order valence-electron chi connectivity index (χ3n) is 6.59. The predicted octanol–water partition coefficient (Wildman–Crippen LogP) is 4.93. The maximum Gasteiger partial charge on any atom is 0.267 e. The molecule has 2 heterocycles. The standard InChI is InChI=1S/C27H28ClN3O5S/c1-35-22-10-12-23(13-11-22)37(33,34)31-18-26(36-25-14-5-19(28)17-24(25)31)27(32)29-20-6-8-21(9-7-20)30-15-3-2-4-16-30/h5-14,17,26H,2-4,15-16,18H2,1H3,(H,29,32). The summed E-state index contributed by atoms with van der Waals surface area (Å²) in [4.78, 5) is 15.6. The molecule has 0 aliphatic carbocycles. The minimum atomic E-state index is -4.02. The highest BCUT2D eigenvalue weighted by Gasteiger charge is 2.38. The van der Waals surface area contributed by atoms with Gasteiger partial charge in [0.1, 0.15) is 11.5 Å². The van der Waals surface area contributed by atoms with Gasteiger partial charge in [0.25, 0.3) is 15.9 Å². The molecule has 37 heavy (non-hydrogen) atoms. The van der Waals surface area contributed by atoms with E-state index in [1.54, 1.807) is 24.3 Å². The number of halogens is 1. The molecule has 1 saturated heterocycles. The number of carbonyl (C=O) groups excluding carboxylic acids is 1. The highest BCUT2D eigenvalue weighted by molar-refractivity contribution is 7.92. The van der Waals surface area contributed by atoms with E-state index in [1.807, 2.05) is 24.3 Å². The molecule has 0 aromatic heterocycles. The molecule has 0 bridgehead atoms. The van der Waals surface area contributed by atoms with Crippen molar-refractivity contribution in [2.45, 2.75) is 30.3 Å². The molecule has 1 N–H and O–H groups in total. The number of hydrogen-bond acceptors (Lipinski definition) is 6. The smallest absolute Gasteiger partial charge is 0.267 e. The summed E-state index contributed by atoms with van der Waals surface area (Å²) in [5.74, 6) is 0.350. The van der Waals surface area contributed by atoms with E-state index in [1.165, 1.54) is 48.9 Å². The molecule has 1 unspecified atom stereocenters. The summed E-state index contributed by atoms with van der Waals surface area (Å²) in [6, 6.07) is 18.4. The minimum absolute atomic E-state index is 0.0635.